The highest BCUT2D eigenvalue weighted by molar-refractivity contribution is 7.89. The Kier molecular flexibility index (Phi) is 8.44. The van der Waals surface area contributed by atoms with Gasteiger partial charge in [-0.05, 0) is 54.8 Å². The van der Waals surface area contributed by atoms with E-state index in [0.29, 0.717) is 5.69 Å². The predicted molar refractivity (Wildman–Crippen MR) is 131 cm³/mol. The Labute approximate surface area is 204 Å². The van der Waals surface area contributed by atoms with E-state index in [1.165, 1.54) is 19.1 Å². The van der Waals surface area contributed by atoms with E-state index in [9.17, 15) is 18.0 Å². The lowest BCUT2D eigenvalue weighted by Gasteiger charge is -2.15. The second kappa shape index (κ2) is 11.3. The molecule has 34 heavy (non-hydrogen) atoms. The summed E-state index contributed by atoms with van der Waals surface area (Å²) in [7, 11) is -4.01. The summed E-state index contributed by atoms with van der Waals surface area (Å²) in [5.41, 5.74) is 2.43. The van der Waals surface area contributed by atoms with Crippen molar-refractivity contribution in [1.29, 1.82) is 0 Å². The lowest BCUT2D eigenvalue weighted by Crippen LogP contribution is -2.30. The largest absolute Gasteiger partial charge is 0.449 e. The first-order valence-electron chi connectivity index (χ1n) is 10.6. The lowest BCUT2D eigenvalue weighted by molar-refractivity contribution is -0.123. The standard InChI is InChI=1S/C25H25ClN2O5S/c1-3-18-9-12-21(13-10-18)28-24(29)17(2)33-25(30)20-11-14-22(26)23(15-20)34(31,32)27-16-19-7-5-4-6-8-19/h4-15,17,27H,3,16H2,1-2H3,(H,28,29)/t17-/m0/s1. The van der Waals surface area contributed by atoms with E-state index >= 15 is 0 Å². The maximum atomic E-state index is 12.8. The fraction of sp³-hybridized carbons (Fsp3) is 0.200. The third-order valence-electron chi connectivity index (χ3n) is 5.05. The molecule has 1 atom stereocenters. The summed E-state index contributed by atoms with van der Waals surface area (Å²) in [4.78, 5) is 24.8. The zero-order valence-electron chi connectivity index (χ0n) is 18.7. The summed E-state index contributed by atoms with van der Waals surface area (Å²) in [5, 5.41) is 2.64. The Balaban J connectivity index is 1.67. The number of esters is 1. The molecule has 0 heterocycles. The zero-order chi connectivity index (χ0) is 24.7. The SMILES string of the molecule is CCc1ccc(NC(=O)[C@H](C)OC(=O)c2ccc(Cl)c(S(=O)(=O)NCc3ccccc3)c2)cc1. The molecule has 3 aromatic carbocycles. The van der Waals surface area contributed by atoms with Crippen molar-refractivity contribution >= 4 is 39.2 Å². The van der Waals surface area contributed by atoms with Crippen molar-refractivity contribution in [3.8, 4) is 0 Å². The highest BCUT2D eigenvalue weighted by atomic mass is 35.5. The van der Waals surface area contributed by atoms with Crippen molar-refractivity contribution in [3.63, 3.8) is 0 Å². The molecule has 0 saturated heterocycles. The monoisotopic (exact) mass is 500 g/mol. The van der Waals surface area contributed by atoms with Gasteiger partial charge >= 0.3 is 5.97 Å². The minimum absolute atomic E-state index is 0.0431. The van der Waals surface area contributed by atoms with Crippen LogP contribution in [0.1, 0.15) is 35.3 Å². The van der Waals surface area contributed by atoms with Crippen LogP contribution < -0.4 is 10.0 Å². The number of hydrogen-bond acceptors (Lipinski definition) is 5. The molecule has 0 bridgehead atoms. The minimum atomic E-state index is -4.01. The highest BCUT2D eigenvalue weighted by Gasteiger charge is 2.23. The van der Waals surface area contributed by atoms with Crippen LogP contribution >= 0.6 is 11.6 Å². The van der Waals surface area contributed by atoms with Crippen molar-refractivity contribution in [2.24, 2.45) is 0 Å². The van der Waals surface area contributed by atoms with Gasteiger partial charge in [-0.15, -0.1) is 0 Å². The number of carbonyl (C=O) groups is 2. The van der Waals surface area contributed by atoms with E-state index in [0.717, 1.165) is 23.6 Å². The summed E-state index contributed by atoms with van der Waals surface area (Å²) >= 11 is 6.10. The van der Waals surface area contributed by atoms with Crippen LogP contribution in [0, 0.1) is 0 Å². The van der Waals surface area contributed by atoms with Gasteiger partial charge < -0.3 is 10.1 Å². The number of anilines is 1. The maximum absolute atomic E-state index is 12.8. The first-order chi connectivity index (χ1) is 16.2. The molecular weight excluding hydrogens is 476 g/mol. The molecule has 0 aliphatic carbocycles. The highest BCUT2D eigenvalue weighted by Crippen LogP contribution is 2.24. The number of aryl methyl sites for hydroxylation is 1. The van der Waals surface area contributed by atoms with Gasteiger partial charge in [0.1, 0.15) is 4.90 Å². The first kappa shape index (κ1) is 25.4. The topological polar surface area (TPSA) is 102 Å². The number of rotatable bonds is 9. The van der Waals surface area contributed by atoms with Crippen LogP contribution in [0.25, 0.3) is 0 Å². The van der Waals surface area contributed by atoms with Crippen molar-refractivity contribution in [1.82, 2.24) is 4.72 Å². The maximum Gasteiger partial charge on any atom is 0.338 e. The molecule has 0 aromatic heterocycles. The molecule has 1 amide bonds. The number of amides is 1. The fourth-order valence-electron chi connectivity index (χ4n) is 3.04. The van der Waals surface area contributed by atoms with E-state index in [1.807, 2.05) is 25.1 Å². The molecule has 0 saturated carbocycles. The Morgan fingerprint density at radius 3 is 2.29 bits per heavy atom. The lowest BCUT2D eigenvalue weighted by atomic mass is 10.1. The summed E-state index contributed by atoms with van der Waals surface area (Å²) in [5.74, 6) is -1.36. The van der Waals surface area contributed by atoms with Gasteiger partial charge in [0.05, 0.1) is 10.6 Å². The van der Waals surface area contributed by atoms with E-state index in [4.69, 9.17) is 16.3 Å². The average Bonchev–Trinajstić information content (AvgIpc) is 2.84. The Bertz CT molecular complexity index is 1260. The third kappa shape index (κ3) is 6.66. The summed E-state index contributed by atoms with van der Waals surface area (Å²) in [6.07, 6.45) is -0.228. The van der Waals surface area contributed by atoms with E-state index < -0.39 is 28.0 Å². The van der Waals surface area contributed by atoms with Gasteiger partial charge in [-0.1, -0.05) is 61.0 Å². The minimum Gasteiger partial charge on any atom is -0.449 e. The number of sulfonamides is 1. The van der Waals surface area contributed by atoms with Gasteiger partial charge in [0.25, 0.3) is 5.91 Å². The van der Waals surface area contributed by atoms with Crippen LogP contribution in [-0.4, -0.2) is 26.4 Å². The summed E-state index contributed by atoms with van der Waals surface area (Å²) < 4.78 is 33.2. The molecule has 3 aromatic rings. The number of ether oxygens (including phenoxy) is 1. The van der Waals surface area contributed by atoms with E-state index in [2.05, 4.69) is 10.0 Å². The second-order valence-electron chi connectivity index (χ2n) is 7.54. The van der Waals surface area contributed by atoms with Crippen molar-refractivity contribution in [2.45, 2.75) is 37.8 Å². The van der Waals surface area contributed by atoms with Gasteiger partial charge in [0.15, 0.2) is 6.10 Å². The molecule has 9 heteroatoms. The molecule has 178 valence electrons. The molecule has 0 fully saturated rings. The summed E-state index contributed by atoms with van der Waals surface area (Å²) in [6.45, 7) is 3.52. The Morgan fingerprint density at radius 2 is 1.65 bits per heavy atom. The molecule has 0 aliphatic heterocycles. The molecule has 0 radical (unpaired) electrons. The van der Waals surface area contributed by atoms with Crippen LogP contribution in [0.3, 0.4) is 0 Å². The molecule has 0 aliphatic rings. The zero-order valence-corrected chi connectivity index (χ0v) is 20.3. The molecule has 0 spiro atoms. The number of nitrogens with one attached hydrogen (secondary N) is 2. The second-order valence-corrected chi connectivity index (χ2v) is 9.69. The van der Waals surface area contributed by atoms with Gasteiger partial charge in [-0.25, -0.2) is 17.9 Å². The molecular formula is C25H25ClN2O5S. The first-order valence-corrected chi connectivity index (χ1v) is 12.5. The van der Waals surface area contributed by atoms with Crippen molar-refractivity contribution in [2.75, 3.05) is 5.32 Å². The third-order valence-corrected chi connectivity index (χ3v) is 6.93. The van der Waals surface area contributed by atoms with Crippen LogP contribution in [0.5, 0.6) is 0 Å². The fourth-order valence-corrected chi connectivity index (χ4v) is 4.58. The van der Waals surface area contributed by atoms with Crippen LogP contribution in [0.15, 0.2) is 77.7 Å². The quantitative estimate of drug-likeness (QED) is 0.419. The number of carbonyl (C=O) groups excluding carboxylic acids is 2. The molecule has 2 N–H and O–H groups in total. The van der Waals surface area contributed by atoms with E-state index in [-0.39, 0.29) is 22.0 Å². The normalized spacial score (nSPS) is 12.1. The smallest absolute Gasteiger partial charge is 0.338 e. The van der Waals surface area contributed by atoms with Gasteiger partial charge in [-0.3, -0.25) is 4.79 Å². The number of benzene rings is 3. The Morgan fingerprint density at radius 1 is 0.971 bits per heavy atom. The summed E-state index contributed by atoms with van der Waals surface area (Å²) in [6, 6.07) is 20.1. The van der Waals surface area contributed by atoms with Crippen molar-refractivity contribution in [3.05, 3.63) is 94.5 Å². The molecule has 7 nitrogen and oxygen atoms in total. The van der Waals surface area contributed by atoms with Crippen LogP contribution in [0.2, 0.25) is 5.02 Å². The van der Waals surface area contributed by atoms with Crippen LogP contribution in [-0.2, 0) is 32.5 Å². The van der Waals surface area contributed by atoms with Crippen LogP contribution in [0.4, 0.5) is 5.69 Å². The van der Waals surface area contributed by atoms with Gasteiger partial charge in [-0.2, -0.15) is 0 Å². The Hall–Kier alpha value is -3.20. The molecule has 0 unspecified atom stereocenters. The predicted octanol–water partition coefficient (Wildman–Crippen LogP) is 4.56. The van der Waals surface area contributed by atoms with Gasteiger partial charge in [0, 0.05) is 12.2 Å². The molecule has 3 rings (SSSR count). The average molecular weight is 501 g/mol. The number of hydrogen-bond donors (Lipinski definition) is 2. The van der Waals surface area contributed by atoms with E-state index in [1.54, 1.807) is 36.4 Å². The van der Waals surface area contributed by atoms with Gasteiger partial charge in [0.2, 0.25) is 10.0 Å². The number of halogens is 1. The van der Waals surface area contributed by atoms with Crippen molar-refractivity contribution < 1.29 is 22.7 Å².